The Morgan fingerprint density at radius 3 is 2.38 bits per heavy atom. The summed E-state index contributed by atoms with van der Waals surface area (Å²) < 4.78 is 18.8. The van der Waals surface area contributed by atoms with Crippen molar-refractivity contribution in [3.8, 4) is 0 Å². The SMILES string of the molecule is COC(C(C)C)C(N)c1ccc(C)c(F)c1. The second-order valence-corrected chi connectivity index (χ2v) is 4.48. The first-order chi connectivity index (χ1) is 7.47. The smallest absolute Gasteiger partial charge is 0.126 e. The lowest BCUT2D eigenvalue weighted by atomic mass is 9.93. The van der Waals surface area contributed by atoms with Gasteiger partial charge in [-0.15, -0.1) is 0 Å². The molecule has 0 saturated carbocycles. The Morgan fingerprint density at radius 1 is 1.31 bits per heavy atom. The third-order valence-corrected chi connectivity index (χ3v) is 2.86. The Kier molecular flexibility index (Phi) is 4.44. The van der Waals surface area contributed by atoms with Crippen molar-refractivity contribution in [2.24, 2.45) is 11.7 Å². The molecule has 0 bridgehead atoms. The van der Waals surface area contributed by atoms with E-state index in [0.717, 1.165) is 5.56 Å². The maximum absolute atomic E-state index is 13.4. The fraction of sp³-hybridized carbons (Fsp3) is 0.538. The minimum absolute atomic E-state index is 0.0953. The quantitative estimate of drug-likeness (QED) is 0.855. The first-order valence-electron chi connectivity index (χ1n) is 5.51. The van der Waals surface area contributed by atoms with E-state index in [-0.39, 0.29) is 18.0 Å². The zero-order valence-electron chi connectivity index (χ0n) is 10.3. The maximum atomic E-state index is 13.4. The Labute approximate surface area is 96.6 Å². The molecule has 16 heavy (non-hydrogen) atoms. The molecule has 0 aliphatic carbocycles. The molecule has 0 aromatic heterocycles. The second kappa shape index (κ2) is 5.41. The summed E-state index contributed by atoms with van der Waals surface area (Å²) in [4.78, 5) is 0. The molecule has 0 heterocycles. The monoisotopic (exact) mass is 225 g/mol. The van der Waals surface area contributed by atoms with Crippen molar-refractivity contribution in [3.63, 3.8) is 0 Å². The molecule has 1 rings (SSSR count). The third kappa shape index (κ3) is 2.80. The highest BCUT2D eigenvalue weighted by molar-refractivity contribution is 5.26. The van der Waals surface area contributed by atoms with Gasteiger partial charge in [0.15, 0.2) is 0 Å². The van der Waals surface area contributed by atoms with Crippen LogP contribution in [0.15, 0.2) is 18.2 Å². The molecule has 90 valence electrons. The Balaban J connectivity index is 2.94. The number of benzene rings is 1. The highest BCUT2D eigenvalue weighted by Gasteiger charge is 2.22. The van der Waals surface area contributed by atoms with Crippen LogP contribution in [0.3, 0.4) is 0 Å². The predicted octanol–water partition coefficient (Wildman–Crippen LogP) is 2.80. The van der Waals surface area contributed by atoms with E-state index < -0.39 is 0 Å². The van der Waals surface area contributed by atoms with Crippen LogP contribution in [-0.4, -0.2) is 13.2 Å². The van der Waals surface area contributed by atoms with Crippen molar-refractivity contribution >= 4 is 0 Å². The number of hydrogen-bond donors (Lipinski definition) is 1. The number of halogens is 1. The lowest BCUT2D eigenvalue weighted by Crippen LogP contribution is -2.32. The molecule has 0 amide bonds. The third-order valence-electron chi connectivity index (χ3n) is 2.86. The van der Waals surface area contributed by atoms with Crippen LogP contribution in [0.4, 0.5) is 4.39 Å². The molecule has 0 radical (unpaired) electrons. The van der Waals surface area contributed by atoms with Gasteiger partial charge in [-0.25, -0.2) is 4.39 Å². The number of nitrogens with two attached hydrogens (primary N) is 1. The van der Waals surface area contributed by atoms with E-state index in [1.807, 2.05) is 19.9 Å². The molecule has 0 aliphatic rings. The molecular weight excluding hydrogens is 205 g/mol. The van der Waals surface area contributed by atoms with Crippen LogP contribution in [0.2, 0.25) is 0 Å². The van der Waals surface area contributed by atoms with Gasteiger partial charge >= 0.3 is 0 Å². The summed E-state index contributed by atoms with van der Waals surface area (Å²) in [5, 5.41) is 0. The van der Waals surface area contributed by atoms with Gasteiger partial charge in [0.2, 0.25) is 0 Å². The van der Waals surface area contributed by atoms with Crippen molar-refractivity contribution in [3.05, 3.63) is 35.1 Å². The molecule has 2 unspecified atom stereocenters. The van der Waals surface area contributed by atoms with Gasteiger partial charge in [-0.3, -0.25) is 0 Å². The summed E-state index contributed by atoms with van der Waals surface area (Å²) in [6.45, 7) is 5.82. The summed E-state index contributed by atoms with van der Waals surface area (Å²) in [5.41, 5.74) is 7.49. The number of hydrogen-bond acceptors (Lipinski definition) is 2. The Hall–Kier alpha value is -0.930. The van der Waals surface area contributed by atoms with E-state index >= 15 is 0 Å². The number of ether oxygens (including phenoxy) is 1. The maximum Gasteiger partial charge on any atom is 0.126 e. The largest absolute Gasteiger partial charge is 0.379 e. The van der Waals surface area contributed by atoms with Gasteiger partial charge in [0.25, 0.3) is 0 Å². The summed E-state index contributed by atoms with van der Waals surface area (Å²) >= 11 is 0. The Bertz CT molecular complexity index is 352. The molecular formula is C13H20FNO. The van der Waals surface area contributed by atoms with E-state index in [4.69, 9.17) is 10.5 Å². The molecule has 0 fully saturated rings. The van der Waals surface area contributed by atoms with Crippen molar-refractivity contribution in [2.75, 3.05) is 7.11 Å². The fourth-order valence-electron chi connectivity index (χ4n) is 1.84. The van der Waals surface area contributed by atoms with Gasteiger partial charge in [-0.05, 0) is 30.0 Å². The predicted molar refractivity (Wildman–Crippen MR) is 63.7 cm³/mol. The van der Waals surface area contributed by atoms with Crippen LogP contribution < -0.4 is 5.73 Å². The molecule has 1 aromatic carbocycles. The highest BCUT2D eigenvalue weighted by atomic mass is 19.1. The minimum Gasteiger partial charge on any atom is -0.379 e. The Morgan fingerprint density at radius 2 is 1.94 bits per heavy atom. The summed E-state index contributed by atoms with van der Waals surface area (Å²) in [6.07, 6.45) is -0.0953. The fourth-order valence-corrected chi connectivity index (χ4v) is 1.84. The summed E-state index contributed by atoms with van der Waals surface area (Å²) in [6, 6.07) is 4.81. The van der Waals surface area contributed by atoms with Crippen LogP contribution in [0.25, 0.3) is 0 Å². The standard InChI is InChI=1S/C13H20FNO/c1-8(2)13(16-4)12(15)10-6-5-9(3)11(14)7-10/h5-8,12-13H,15H2,1-4H3. The molecule has 2 N–H and O–H groups in total. The van der Waals surface area contributed by atoms with Crippen LogP contribution in [0.1, 0.15) is 31.0 Å². The summed E-state index contributed by atoms with van der Waals surface area (Å²) in [5.74, 6) is 0.0796. The minimum atomic E-state index is -0.292. The normalized spacial score (nSPS) is 15.2. The van der Waals surface area contributed by atoms with Gasteiger partial charge in [0.1, 0.15) is 5.82 Å². The van der Waals surface area contributed by atoms with Gasteiger partial charge in [-0.2, -0.15) is 0 Å². The van der Waals surface area contributed by atoms with Crippen molar-refractivity contribution < 1.29 is 9.13 Å². The van der Waals surface area contributed by atoms with Crippen molar-refractivity contribution in [2.45, 2.75) is 32.9 Å². The van der Waals surface area contributed by atoms with E-state index in [1.54, 1.807) is 20.1 Å². The van der Waals surface area contributed by atoms with Gasteiger partial charge in [0, 0.05) is 7.11 Å². The lowest BCUT2D eigenvalue weighted by Gasteiger charge is -2.26. The van der Waals surface area contributed by atoms with Gasteiger partial charge < -0.3 is 10.5 Å². The van der Waals surface area contributed by atoms with Crippen LogP contribution >= 0.6 is 0 Å². The van der Waals surface area contributed by atoms with E-state index in [1.165, 1.54) is 6.07 Å². The van der Waals surface area contributed by atoms with Crippen molar-refractivity contribution in [1.29, 1.82) is 0 Å². The molecule has 0 aliphatic heterocycles. The molecule has 2 nitrogen and oxygen atoms in total. The first kappa shape index (κ1) is 13.1. The second-order valence-electron chi connectivity index (χ2n) is 4.48. The van der Waals surface area contributed by atoms with E-state index in [9.17, 15) is 4.39 Å². The van der Waals surface area contributed by atoms with Crippen LogP contribution in [0, 0.1) is 18.7 Å². The molecule has 0 spiro atoms. The zero-order chi connectivity index (χ0) is 12.3. The molecule has 0 saturated heterocycles. The average molecular weight is 225 g/mol. The highest BCUT2D eigenvalue weighted by Crippen LogP contribution is 2.23. The van der Waals surface area contributed by atoms with Crippen LogP contribution in [0.5, 0.6) is 0 Å². The topological polar surface area (TPSA) is 35.2 Å². The molecule has 2 atom stereocenters. The van der Waals surface area contributed by atoms with Crippen LogP contribution in [-0.2, 0) is 4.74 Å². The first-order valence-corrected chi connectivity index (χ1v) is 5.51. The van der Waals surface area contributed by atoms with E-state index in [0.29, 0.717) is 11.5 Å². The van der Waals surface area contributed by atoms with Gasteiger partial charge in [-0.1, -0.05) is 26.0 Å². The lowest BCUT2D eigenvalue weighted by molar-refractivity contribution is 0.0436. The van der Waals surface area contributed by atoms with Crippen molar-refractivity contribution in [1.82, 2.24) is 0 Å². The summed E-state index contributed by atoms with van der Waals surface area (Å²) in [7, 11) is 1.63. The number of rotatable bonds is 4. The molecule has 3 heteroatoms. The number of aryl methyl sites for hydroxylation is 1. The number of methoxy groups -OCH3 is 1. The zero-order valence-corrected chi connectivity index (χ0v) is 10.3. The van der Waals surface area contributed by atoms with E-state index in [2.05, 4.69) is 0 Å². The van der Waals surface area contributed by atoms with Gasteiger partial charge in [0.05, 0.1) is 12.1 Å². The average Bonchev–Trinajstić information content (AvgIpc) is 2.22. The molecule has 1 aromatic rings.